The molecule has 55 heavy (non-hydrogen) atoms. The van der Waals surface area contributed by atoms with Crippen LogP contribution in [0.4, 0.5) is 11.4 Å². The number of quaternary nitrogens is 1. The third-order valence-electron chi connectivity index (χ3n) is 10.3. The minimum Gasteiger partial charge on any atom is -0.374 e. The highest BCUT2D eigenvalue weighted by molar-refractivity contribution is 8.76. The maximum absolute atomic E-state index is 2.50. The highest BCUT2D eigenvalue weighted by atomic mass is 33.1. The molecule has 2 aromatic carbocycles. The van der Waals surface area contributed by atoms with Crippen molar-refractivity contribution in [1.29, 1.82) is 0 Å². The number of pyridine rings is 2. The van der Waals surface area contributed by atoms with E-state index in [1.165, 1.54) is 77.5 Å². The molecule has 8 heteroatoms. The Hall–Kier alpha value is -3.56. The Labute approximate surface area is 342 Å². The van der Waals surface area contributed by atoms with Gasteiger partial charge in [-0.3, -0.25) is 0 Å². The fourth-order valence-electron chi connectivity index (χ4n) is 6.75. The second kappa shape index (κ2) is 24.2. The Morgan fingerprint density at radius 3 is 1.47 bits per heavy atom. The number of hydrogen-bond donors (Lipinski definition) is 0. The van der Waals surface area contributed by atoms with E-state index in [9.17, 15) is 0 Å². The van der Waals surface area contributed by atoms with Crippen LogP contribution in [0, 0.1) is 0 Å². The lowest BCUT2D eigenvalue weighted by Crippen LogP contribution is -2.42. The van der Waals surface area contributed by atoms with Gasteiger partial charge in [0.1, 0.15) is 13.1 Å². The number of anilines is 2. The average Bonchev–Trinajstić information content (AvgIpc) is 3.20. The molecule has 0 aliphatic carbocycles. The molecule has 2 heterocycles. The van der Waals surface area contributed by atoms with Crippen LogP contribution in [0.1, 0.15) is 61.8 Å². The van der Waals surface area contributed by atoms with Gasteiger partial charge in [-0.2, -0.15) is 0 Å². The molecule has 0 radical (unpaired) electrons. The van der Waals surface area contributed by atoms with Crippen molar-refractivity contribution in [2.45, 2.75) is 52.6 Å². The quantitative estimate of drug-likeness (QED) is 0.0288. The van der Waals surface area contributed by atoms with E-state index in [-0.39, 0.29) is 0 Å². The lowest BCUT2D eigenvalue weighted by atomic mass is 10.1. The van der Waals surface area contributed by atoms with Gasteiger partial charge < -0.3 is 19.2 Å². The third kappa shape index (κ3) is 16.2. The summed E-state index contributed by atoms with van der Waals surface area (Å²) in [5.41, 5.74) is 7.58. The zero-order valence-electron chi connectivity index (χ0n) is 34.9. The number of rotatable bonds is 25. The predicted molar refractivity (Wildman–Crippen MR) is 245 cm³/mol. The van der Waals surface area contributed by atoms with E-state index in [1.807, 2.05) is 0 Å². The monoisotopic (exact) mass is 782 g/mol. The Morgan fingerprint density at radius 1 is 0.527 bits per heavy atom. The van der Waals surface area contributed by atoms with Gasteiger partial charge in [0.05, 0.1) is 27.2 Å². The Kier molecular flexibility index (Phi) is 19.4. The van der Waals surface area contributed by atoms with E-state index in [1.54, 1.807) is 0 Å². The first-order chi connectivity index (χ1) is 26.7. The number of aryl methyl sites for hydroxylation is 2. The molecule has 0 atom stereocenters. The van der Waals surface area contributed by atoms with Gasteiger partial charge in [-0.05, 0) is 81.2 Å². The van der Waals surface area contributed by atoms with Crippen molar-refractivity contribution in [1.82, 2.24) is 4.90 Å². The molecule has 0 amide bonds. The second-order valence-electron chi connectivity index (χ2n) is 15.3. The van der Waals surface area contributed by atoms with Crippen molar-refractivity contribution in [3.63, 3.8) is 0 Å². The number of hydrogen-bond acceptors (Lipinski definition) is 5. The van der Waals surface area contributed by atoms with E-state index < -0.39 is 0 Å². The summed E-state index contributed by atoms with van der Waals surface area (Å²) in [6, 6.07) is 26.2. The molecule has 0 saturated heterocycles. The zero-order valence-corrected chi connectivity index (χ0v) is 36.6. The highest BCUT2D eigenvalue weighted by Gasteiger charge is 2.15. The summed E-state index contributed by atoms with van der Waals surface area (Å²) in [6.07, 6.45) is 22.4. The molecular formula is C47H69N6S2+3. The van der Waals surface area contributed by atoms with E-state index in [0.717, 1.165) is 50.2 Å². The van der Waals surface area contributed by atoms with E-state index in [4.69, 9.17) is 0 Å². The maximum Gasteiger partial charge on any atom is 0.169 e. The Balaban J connectivity index is 1.04. The van der Waals surface area contributed by atoms with Crippen LogP contribution in [0.3, 0.4) is 0 Å². The largest absolute Gasteiger partial charge is 0.374 e. The summed E-state index contributed by atoms with van der Waals surface area (Å²) < 4.78 is 5.46. The minimum atomic E-state index is 0.995. The van der Waals surface area contributed by atoms with Crippen LogP contribution in [0.15, 0.2) is 97.6 Å². The molecule has 6 nitrogen and oxygen atoms in total. The van der Waals surface area contributed by atoms with Crippen LogP contribution < -0.4 is 18.9 Å². The molecule has 296 valence electrons. The Morgan fingerprint density at radius 2 is 0.964 bits per heavy atom. The molecule has 4 aromatic rings. The van der Waals surface area contributed by atoms with Crippen LogP contribution in [0.25, 0.3) is 24.3 Å². The molecule has 0 saturated carbocycles. The van der Waals surface area contributed by atoms with E-state index in [0.29, 0.717) is 0 Å². The third-order valence-corrected chi connectivity index (χ3v) is 12.9. The van der Waals surface area contributed by atoms with Crippen molar-refractivity contribution in [2.75, 3.05) is 95.8 Å². The first-order valence-electron chi connectivity index (χ1n) is 20.4. The van der Waals surface area contributed by atoms with Gasteiger partial charge in [-0.1, -0.05) is 82.3 Å². The Bertz CT molecular complexity index is 1720. The molecule has 0 unspecified atom stereocenters. The summed E-state index contributed by atoms with van der Waals surface area (Å²) in [6.45, 7) is 13.1. The van der Waals surface area contributed by atoms with Crippen LogP contribution >= 0.6 is 21.6 Å². The molecule has 0 N–H and O–H groups in total. The van der Waals surface area contributed by atoms with Crippen LogP contribution in [-0.4, -0.2) is 95.4 Å². The van der Waals surface area contributed by atoms with E-state index >= 15 is 0 Å². The van der Waals surface area contributed by atoms with Crippen molar-refractivity contribution in [2.24, 2.45) is 0 Å². The number of para-hydroxylation sites is 2. The summed E-state index contributed by atoms with van der Waals surface area (Å²) in [5.74, 6) is 2.45. The molecular weight excluding hydrogens is 713 g/mol. The number of benzene rings is 2. The fraction of sp³-hybridized carbons (Fsp3) is 0.447. The smallest absolute Gasteiger partial charge is 0.169 e. The molecule has 0 fully saturated rings. The summed E-state index contributed by atoms with van der Waals surface area (Å²) >= 11 is 0. The van der Waals surface area contributed by atoms with Crippen LogP contribution in [0.2, 0.25) is 0 Å². The van der Waals surface area contributed by atoms with Crippen molar-refractivity contribution < 1.29 is 13.6 Å². The highest BCUT2D eigenvalue weighted by Crippen LogP contribution is 2.25. The zero-order chi connectivity index (χ0) is 39.3. The van der Waals surface area contributed by atoms with Crippen LogP contribution in [0.5, 0.6) is 0 Å². The number of nitrogens with zero attached hydrogens (tertiary/aromatic N) is 6. The topological polar surface area (TPSA) is 17.5 Å². The lowest BCUT2D eigenvalue weighted by Gasteiger charge is -2.31. The maximum atomic E-state index is 2.50. The van der Waals surface area contributed by atoms with Gasteiger partial charge >= 0.3 is 0 Å². The summed E-state index contributed by atoms with van der Waals surface area (Å²) in [7, 11) is 15.6. The van der Waals surface area contributed by atoms with Gasteiger partial charge in [-0.25, -0.2) is 9.13 Å². The molecule has 4 rings (SSSR count). The van der Waals surface area contributed by atoms with Crippen molar-refractivity contribution >= 4 is 57.3 Å². The summed E-state index contributed by atoms with van der Waals surface area (Å²) in [5, 5.41) is 0. The van der Waals surface area contributed by atoms with Gasteiger partial charge in [-0.15, -0.1) is 0 Å². The molecule has 2 aromatic heterocycles. The van der Waals surface area contributed by atoms with Gasteiger partial charge in [0.2, 0.25) is 0 Å². The molecule has 0 bridgehead atoms. The predicted octanol–water partition coefficient (Wildman–Crippen LogP) is 9.16. The first-order valence-corrected chi connectivity index (χ1v) is 22.9. The van der Waals surface area contributed by atoms with Crippen molar-refractivity contribution in [3.8, 4) is 0 Å². The lowest BCUT2D eigenvalue weighted by molar-refractivity contribution is -0.890. The second-order valence-corrected chi connectivity index (χ2v) is 18.0. The molecule has 0 spiro atoms. The average molecular weight is 782 g/mol. The van der Waals surface area contributed by atoms with Crippen molar-refractivity contribution in [3.05, 3.63) is 120 Å². The molecule has 0 aliphatic rings. The fourth-order valence-corrected chi connectivity index (χ4v) is 8.89. The minimum absolute atomic E-state index is 0.995. The standard InChI is InChI=1S/C47H69N6S2/c1-8-51-34-26-42(27-35-51)22-24-44-18-10-12-20-46(44)49(4)32-14-30-48(3)31-16-40-54-55-41-17-39-53(6,7)38-15-33-50(5)47-21-13-11-19-45(47)25-23-43-28-36-52(9-2)37-29-43/h10-13,18-29,34-37H,8-9,14-17,30-33,38-41H2,1-7H3/q+3. The van der Waals surface area contributed by atoms with Gasteiger partial charge in [0, 0.05) is 87.2 Å². The SMILES string of the molecule is CC[n+]1ccc(/C=C/c2ccccc2N(C)CCCN(C)CCCSSCCC[N+](C)(C)CCCN(C)c2ccccc2/C=C/c2cc[n+](CC)cc2)cc1. The van der Waals surface area contributed by atoms with Gasteiger partial charge in [0.15, 0.2) is 24.8 Å². The van der Waals surface area contributed by atoms with E-state index in [2.05, 4.69) is 216 Å². The van der Waals surface area contributed by atoms with Crippen LogP contribution in [-0.2, 0) is 13.1 Å². The number of aromatic nitrogens is 2. The summed E-state index contributed by atoms with van der Waals surface area (Å²) in [4.78, 5) is 7.33. The normalized spacial score (nSPS) is 12.0. The first kappa shape index (κ1) is 44.2. The van der Waals surface area contributed by atoms with Gasteiger partial charge in [0.25, 0.3) is 0 Å². The molecule has 0 aliphatic heterocycles.